The van der Waals surface area contributed by atoms with E-state index in [1.54, 1.807) is 0 Å². The summed E-state index contributed by atoms with van der Waals surface area (Å²) in [6.45, 7) is 2.29. The van der Waals surface area contributed by atoms with Gasteiger partial charge in [-0.2, -0.15) is 0 Å². The fourth-order valence-corrected chi connectivity index (χ4v) is 3.95. The van der Waals surface area contributed by atoms with Crippen LogP contribution in [0.25, 0.3) is 0 Å². The van der Waals surface area contributed by atoms with E-state index >= 15 is 0 Å². The van der Waals surface area contributed by atoms with E-state index in [0.717, 1.165) is 16.7 Å². The van der Waals surface area contributed by atoms with Gasteiger partial charge in [-0.3, -0.25) is 14.6 Å². The first-order valence-corrected chi connectivity index (χ1v) is 11.8. The van der Waals surface area contributed by atoms with Crippen molar-refractivity contribution in [2.24, 2.45) is 16.5 Å². The van der Waals surface area contributed by atoms with Crippen molar-refractivity contribution in [3.63, 3.8) is 0 Å². The molecule has 0 aliphatic heterocycles. The molecule has 0 aromatic heterocycles. The summed E-state index contributed by atoms with van der Waals surface area (Å²) in [4.78, 5) is 30.9. The largest absolute Gasteiger partial charge is 0.370 e. The van der Waals surface area contributed by atoms with Gasteiger partial charge in [0.25, 0.3) is 0 Å². The summed E-state index contributed by atoms with van der Waals surface area (Å²) in [6.07, 6.45) is 0.934. The molecule has 6 N–H and O–H groups in total. The molecule has 3 aromatic carbocycles. The zero-order valence-corrected chi connectivity index (χ0v) is 19.9. The zero-order chi connectivity index (χ0) is 25.0. The van der Waals surface area contributed by atoms with Gasteiger partial charge in [0, 0.05) is 6.54 Å². The first-order chi connectivity index (χ1) is 17.0. The van der Waals surface area contributed by atoms with Crippen LogP contribution in [0.5, 0.6) is 0 Å². The van der Waals surface area contributed by atoms with Crippen LogP contribution in [0.1, 0.15) is 48.4 Å². The van der Waals surface area contributed by atoms with Crippen molar-refractivity contribution in [1.82, 2.24) is 10.6 Å². The van der Waals surface area contributed by atoms with Gasteiger partial charge in [0.2, 0.25) is 11.8 Å². The van der Waals surface area contributed by atoms with E-state index in [0.29, 0.717) is 19.4 Å². The predicted octanol–water partition coefficient (Wildman–Crippen LogP) is 3.23. The number of rotatable bonds is 11. The Bertz CT molecular complexity index is 1060. The Hall–Kier alpha value is -4.13. The SMILES string of the molecule is C[C@@H](NC(=O)[C@H](CCCN=C(N)N)NC(=O)C(c1ccccc1)c1ccccc1)c1ccccc1. The first kappa shape index (κ1) is 25.5. The molecule has 2 atom stereocenters. The number of hydrogen-bond acceptors (Lipinski definition) is 3. The summed E-state index contributed by atoms with van der Waals surface area (Å²) < 4.78 is 0. The van der Waals surface area contributed by atoms with Crippen LogP contribution in [0, 0.1) is 0 Å². The van der Waals surface area contributed by atoms with E-state index in [2.05, 4.69) is 15.6 Å². The number of amides is 2. The zero-order valence-electron chi connectivity index (χ0n) is 19.9. The number of carbonyl (C=O) groups excluding carboxylic acids is 2. The van der Waals surface area contributed by atoms with Gasteiger partial charge in [0.15, 0.2) is 5.96 Å². The molecule has 182 valence electrons. The van der Waals surface area contributed by atoms with Gasteiger partial charge < -0.3 is 22.1 Å². The average molecular weight is 472 g/mol. The summed E-state index contributed by atoms with van der Waals surface area (Å²) in [5, 5.41) is 6.03. The topological polar surface area (TPSA) is 123 Å². The Morgan fingerprint density at radius 3 is 1.71 bits per heavy atom. The van der Waals surface area contributed by atoms with Crippen molar-refractivity contribution in [3.05, 3.63) is 108 Å². The van der Waals surface area contributed by atoms with Crippen LogP contribution >= 0.6 is 0 Å². The maximum atomic E-state index is 13.6. The van der Waals surface area contributed by atoms with Crippen LogP contribution in [-0.2, 0) is 9.59 Å². The minimum Gasteiger partial charge on any atom is -0.370 e. The van der Waals surface area contributed by atoms with E-state index < -0.39 is 12.0 Å². The van der Waals surface area contributed by atoms with E-state index in [-0.39, 0.29) is 23.8 Å². The third-order valence-electron chi connectivity index (χ3n) is 5.76. The van der Waals surface area contributed by atoms with E-state index in [1.165, 1.54) is 0 Å². The second-order valence-corrected chi connectivity index (χ2v) is 8.41. The monoisotopic (exact) mass is 471 g/mol. The van der Waals surface area contributed by atoms with E-state index in [4.69, 9.17) is 11.5 Å². The van der Waals surface area contributed by atoms with Gasteiger partial charge in [-0.25, -0.2) is 0 Å². The molecule has 0 aliphatic rings. The maximum absolute atomic E-state index is 13.6. The molecule has 0 spiro atoms. The number of nitrogens with zero attached hydrogens (tertiary/aromatic N) is 1. The summed E-state index contributed by atoms with van der Waals surface area (Å²) in [7, 11) is 0. The van der Waals surface area contributed by atoms with Crippen molar-refractivity contribution < 1.29 is 9.59 Å². The molecule has 0 heterocycles. The lowest BCUT2D eigenvalue weighted by molar-refractivity contribution is -0.129. The van der Waals surface area contributed by atoms with E-state index in [9.17, 15) is 9.59 Å². The Morgan fingerprint density at radius 2 is 1.23 bits per heavy atom. The lowest BCUT2D eigenvalue weighted by atomic mass is 9.90. The third kappa shape index (κ3) is 7.71. The standard InChI is InChI=1S/C28H33N5O2/c1-20(21-12-5-2-6-13-21)32-26(34)24(18-11-19-31-28(29)30)33-27(35)25(22-14-7-3-8-15-22)23-16-9-4-10-17-23/h2-10,12-17,20,24-25H,11,18-19H2,1H3,(H,32,34)(H,33,35)(H4,29,30,31)/t20-,24+/m1/s1. The minimum atomic E-state index is -0.738. The molecule has 7 nitrogen and oxygen atoms in total. The van der Waals surface area contributed by atoms with Crippen LogP contribution in [0.4, 0.5) is 0 Å². The summed E-state index contributed by atoms with van der Waals surface area (Å²) in [5.41, 5.74) is 13.5. The molecule has 0 saturated carbocycles. The molecular weight excluding hydrogens is 438 g/mol. The summed E-state index contributed by atoms with van der Waals surface area (Å²) in [5.74, 6) is -1.03. The van der Waals surface area contributed by atoms with Crippen LogP contribution in [-0.4, -0.2) is 30.4 Å². The number of hydrogen-bond donors (Lipinski definition) is 4. The van der Waals surface area contributed by atoms with Crippen LogP contribution in [0.3, 0.4) is 0 Å². The molecule has 7 heteroatoms. The lowest BCUT2D eigenvalue weighted by Crippen LogP contribution is -2.48. The molecule has 0 bridgehead atoms. The molecule has 0 fully saturated rings. The molecule has 2 amide bonds. The Balaban J connectivity index is 1.80. The predicted molar refractivity (Wildman–Crippen MR) is 140 cm³/mol. The molecule has 35 heavy (non-hydrogen) atoms. The van der Waals surface area contributed by atoms with Crippen molar-refractivity contribution in [2.45, 2.75) is 37.8 Å². The van der Waals surface area contributed by atoms with Crippen molar-refractivity contribution >= 4 is 17.8 Å². The van der Waals surface area contributed by atoms with Gasteiger partial charge in [0.05, 0.1) is 12.0 Å². The summed E-state index contributed by atoms with van der Waals surface area (Å²) >= 11 is 0. The highest BCUT2D eigenvalue weighted by Crippen LogP contribution is 2.25. The number of nitrogens with one attached hydrogen (secondary N) is 2. The van der Waals surface area contributed by atoms with E-state index in [1.807, 2.05) is 97.9 Å². The Kier molecular flexibility index (Phi) is 9.42. The normalized spacial score (nSPS) is 12.4. The molecule has 0 aliphatic carbocycles. The number of nitrogens with two attached hydrogens (primary N) is 2. The Morgan fingerprint density at radius 1 is 0.743 bits per heavy atom. The lowest BCUT2D eigenvalue weighted by Gasteiger charge is -2.24. The second-order valence-electron chi connectivity index (χ2n) is 8.41. The summed E-state index contributed by atoms with van der Waals surface area (Å²) in [6, 6.07) is 27.9. The maximum Gasteiger partial charge on any atom is 0.243 e. The average Bonchev–Trinajstić information content (AvgIpc) is 2.87. The number of aliphatic imine (C=N–C) groups is 1. The van der Waals surface area contributed by atoms with Crippen molar-refractivity contribution in [3.8, 4) is 0 Å². The highest BCUT2D eigenvalue weighted by atomic mass is 16.2. The van der Waals surface area contributed by atoms with Gasteiger partial charge in [-0.1, -0.05) is 91.0 Å². The van der Waals surface area contributed by atoms with Crippen LogP contribution in [0.2, 0.25) is 0 Å². The molecule has 0 radical (unpaired) electrons. The number of carbonyl (C=O) groups is 2. The number of guanidine groups is 1. The molecule has 0 saturated heterocycles. The van der Waals surface area contributed by atoms with Crippen molar-refractivity contribution in [2.75, 3.05) is 6.54 Å². The molecular formula is C28H33N5O2. The fraction of sp³-hybridized carbons (Fsp3) is 0.250. The van der Waals surface area contributed by atoms with Gasteiger partial charge in [0.1, 0.15) is 6.04 Å². The molecule has 3 aromatic rings. The first-order valence-electron chi connectivity index (χ1n) is 11.8. The highest BCUT2D eigenvalue weighted by Gasteiger charge is 2.28. The second kappa shape index (κ2) is 12.9. The molecule has 3 rings (SSSR count). The number of benzene rings is 3. The smallest absolute Gasteiger partial charge is 0.243 e. The highest BCUT2D eigenvalue weighted by molar-refractivity contribution is 5.92. The van der Waals surface area contributed by atoms with Gasteiger partial charge >= 0.3 is 0 Å². The Labute approximate surface area is 206 Å². The van der Waals surface area contributed by atoms with Gasteiger partial charge in [-0.15, -0.1) is 0 Å². The van der Waals surface area contributed by atoms with Crippen LogP contribution in [0.15, 0.2) is 96.0 Å². The molecule has 0 unspecified atom stereocenters. The fourth-order valence-electron chi connectivity index (χ4n) is 3.95. The quantitative estimate of drug-likeness (QED) is 0.195. The van der Waals surface area contributed by atoms with Crippen LogP contribution < -0.4 is 22.1 Å². The van der Waals surface area contributed by atoms with Crippen molar-refractivity contribution in [1.29, 1.82) is 0 Å². The van der Waals surface area contributed by atoms with Gasteiger partial charge in [-0.05, 0) is 36.5 Å². The minimum absolute atomic E-state index is 0.000885. The third-order valence-corrected chi connectivity index (χ3v) is 5.76.